The number of esters is 1. The van der Waals surface area contributed by atoms with E-state index in [1.165, 1.54) is 12.3 Å². The minimum Gasteiger partial charge on any atom is -0.462 e. The molecule has 3 rings (SSSR count). The van der Waals surface area contributed by atoms with Crippen LogP contribution in [-0.4, -0.2) is 30.6 Å². The Balaban J connectivity index is 2.18. The molecule has 7 heteroatoms. The van der Waals surface area contributed by atoms with Gasteiger partial charge in [0.15, 0.2) is 0 Å². The summed E-state index contributed by atoms with van der Waals surface area (Å²) in [7, 11) is 0. The molecule has 2 aromatic rings. The zero-order valence-electron chi connectivity index (χ0n) is 15.6. The van der Waals surface area contributed by atoms with Gasteiger partial charge in [0.1, 0.15) is 5.56 Å². The highest BCUT2D eigenvalue weighted by atomic mass is 19.4. The molecule has 0 spiro atoms. The summed E-state index contributed by atoms with van der Waals surface area (Å²) in [5.41, 5.74) is 0.382. The molecular weight excluding hydrogens is 357 g/mol. The van der Waals surface area contributed by atoms with E-state index in [1.807, 2.05) is 0 Å². The number of nitrogens with zero attached hydrogens (tertiary/aromatic N) is 2. The highest BCUT2D eigenvalue weighted by molar-refractivity contribution is 6.05. The van der Waals surface area contributed by atoms with Crippen LogP contribution in [0.1, 0.15) is 43.1 Å². The van der Waals surface area contributed by atoms with Crippen LogP contribution < -0.4 is 4.90 Å². The number of carbonyl (C=O) groups is 1. The van der Waals surface area contributed by atoms with Gasteiger partial charge >= 0.3 is 12.1 Å². The predicted octanol–water partition coefficient (Wildman–Crippen LogP) is 4.91. The SMILES string of the molecule is CCOC(=O)c1cnc2cc(C(F)(F)F)ccc2c1N1C[C@H](C)C[C@H](C)C1. The number of fused-ring (bicyclic) bond motifs is 1. The highest BCUT2D eigenvalue weighted by Crippen LogP contribution is 2.37. The molecule has 0 saturated carbocycles. The van der Waals surface area contributed by atoms with Crippen LogP contribution in [0.3, 0.4) is 0 Å². The molecule has 0 unspecified atom stereocenters. The summed E-state index contributed by atoms with van der Waals surface area (Å²) >= 11 is 0. The van der Waals surface area contributed by atoms with E-state index in [0.29, 0.717) is 28.5 Å². The average Bonchev–Trinajstić information content (AvgIpc) is 2.58. The molecule has 1 saturated heterocycles. The zero-order valence-corrected chi connectivity index (χ0v) is 15.6. The number of benzene rings is 1. The van der Waals surface area contributed by atoms with Gasteiger partial charge in [0.25, 0.3) is 0 Å². The molecule has 1 aliphatic rings. The fourth-order valence-corrected chi connectivity index (χ4v) is 3.90. The number of anilines is 1. The molecule has 0 radical (unpaired) electrons. The minimum atomic E-state index is -4.44. The van der Waals surface area contributed by atoms with Crippen molar-refractivity contribution < 1.29 is 22.7 Å². The van der Waals surface area contributed by atoms with Crippen LogP contribution in [0.5, 0.6) is 0 Å². The Labute approximate surface area is 156 Å². The number of rotatable bonds is 3. The van der Waals surface area contributed by atoms with Crippen molar-refractivity contribution in [3.8, 4) is 0 Å². The number of hydrogen-bond acceptors (Lipinski definition) is 4. The third kappa shape index (κ3) is 4.01. The van der Waals surface area contributed by atoms with Crippen molar-refractivity contribution >= 4 is 22.6 Å². The summed E-state index contributed by atoms with van der Waals surface area (Å²) < 4.78 is 44.4. The third-order valence-electron chi connectivity index (χ3n) is 4.85. The first-order valence-electron chi connectivity index (χ1n) is 9.12. The Kier molecular flexibility index (Phi) is 5.31. The molecule has 2 atom stereocenters. The largest absolute Gasteiger partial charge is 0.462 e. The number of hydrogen-bond donors (Lipinski definition) is 0. The van der Waals surface area contributed by atoms with E-state index in [0.717, 1.165) is 31.6 Å². The van der Waals surface area contributed by atoms with E-state index in [9.17, 15) is 18.0 Å². The van der Waals surface area contributed by atoms with Crippen molar-refractivity contribution in [3.63, 3.8) is 0 Å². The summed E-state index contributed by atoms with van der Waals surface area (Å²) in [6.45, 7) is 7.67. The lowest BCUT2D eigenvalue weighted by Gasteiger charge is -2.37. The molecule has 0 amide bonds. The van der Waals surface area contributed by atoms with Crippen molar-refractivity contribution in [1.82, 2.24) is 4.98 Å². The molecule has 1 aromatic carbocycles. The van der Waals surface area contributed by atoms with E-state index in [-0.39, 0.29) is 12.1 Å². The van der Waals surface area contributed by atoms with E-state index in [2.05, 4.69) is 23.7 Å². The Morgan fingerprint density at radius 1 is 1.26 bits per heavy atom. The first-order valence-corrected chi connectivity index (χ1v) is 9.12. The molecule has 4 nitrogen and oxygen atoms in total. The quantitative estimate of drug-likeness (QED) is 0.710. The Morgan fingerprint density at radius 3 is 2.52 bits per heavy atom. The fourth-order valence-electron chi connectivity index (χ4n) is 3.90. The van der Waals surface area contributed by atoms with E-state index in [1.54, 1.807) is 6.92 Å². The maximum Gasteiger partial charge on any atom is 0.416 e. The number of alkyl halides is 3. The third-order valence-corrected chi connectivity index (χ3v) is 4.85. The van der Waals surface area contributed by atoms with Crippen molar-refractivity contribution in [3.05, 3.63) is 35.5 Å². The summed E-state index contributed by atoms with van der Waals surface area (Å²) in [6.07, 6.45) is -2.03. The molecule has 1 fully saturated rings. The normalized spacial score (nSPS) is 20.7. The van der Waals surface area contributed by atoms with Gasteiger partial charge in [0, 0.05) is 24.7 Å². The highest BCUT2D eigenvalue weighted by Gasteiger charge is 2.32. The lowest BCUT2D eigenvalue weighted by atomic mass is 9.90. The second kappa shape index (κ2) is 7.37. The minimum absolute atomic E-state index is 0.218. The molecule has 0 N–H and O–H groups in total. The van der Waals surface area contributed by atoms with Gasteiger partial charge in [-0.15, -0.1) is 0 Å². The molecule has 1 aromatic heterocycles. The van der Waals surface area contributed by atoms with E-state index < -0.39 is 17.7 Å². The van der Waals surface area contributed by atoms with Crippen LogP contribution in [0.2, 0.25) is 0 Å². The number of halogens is 3. The number of piperidine rings is 1. The first-order chi connectivity index (χ1) is 12.7. The van der Waals surface area contributed by atoms with Crippen molar-refractivity contribution in [2.75, 3.05) is 24.6 Å². The number of aromatic nitrogens is 1. The zero-order chi connectivity index (χ0) is 19.8. The van der Waals surface area contributed by atoms with Crippen LogP contribution in [-0.2, 0) is 10.9 Å². The average molecular weight is 380 g/mol. The lowest BCUT2D eigenvalue weighted by Crippen LogP contribution is -2.39. The van der Waals surface area contributed by atoms with Crippen LogP contribution in [0.25, 0.3) is 10.9 Å². The monoisotopic (exact) mass is 380 g/mol. The molecule has 27 heavy (non-hydrogen) atoms. The second-order valence-electron chi connectivity index (χ2n) is 7.32. The smallest absolute Gasteiger partial charge is 0.416 e. The lowest BCUT2D eigenvalue weighted by molar-refractivity contribution is -0.137. The number of carbonyl (C=O) groups excluding carboxylic acids is 1. The van der Waals surface area contributed by atoms with Crippen molar-refractivity contribution in [1.29, 1.82) is 0 Å². The predicted molar refractivity (Wildman–Crippen MR) is 97.9 cm³/mol. The van der Waals surface area contributed by atoms with E-state index >= 15 is 0 Å². The maximum atomic E-state index is 13.1. The van der Waals surface area contributed by atoms with Gasteiger partial charge in [-0.25, -0.2) is 4.79 Å². The summed E-state index contributed by atoms with van der Waals surface area (Å²) in [4.78, 5) is 18.7. The van der Waals surface area contributed by atoms with Gasteiger partial charge < -0.3 is 9.64 Å². The molecule has 146 valence electrons. The first kappa shape index (κ1) is 19.5. The number of pyridine rings is 1. The molecule has 1 aliphatic heterocycles. The van der Waals surface area contributed by atoms with Gasteiger partial charge in [0.2, 0.25) is 0 Å². The van der Waals surface area contributed by atoms with Gasteiger partial charge in [-0.1, -0.05) is 19.9 Å². The Morgan fingerprint density at radius 2 is 1.93 bits per heavy atom. The standard InChI is InChI=1S/C20H23F3N2O2/c1-4-27-19(26)16-9-24-17-8-14(20(21,22)23)5-6-15(17)18(16)25-10-12(2)7-13(3)11-25/h5-6,8-9,12-13H,4,7,10-11H2,1-3H3/t12-,13+. The topological polar surface area (TPSA) is 42.4 Å². The van der Waals surface area contributed by atoms with Crippen LogP contribution in [0, 0.1) is 11.8 Å². The van der Waals surface area contributed by atoms with E-state index in [4.69, 9.17) is 4.74 Å². The van der Waals surface area contributed by atoms with Crippen LogP contribution in [0.4, 0.5) is 18.9 Å². The molecular formula is C20H23F3N2O2. The molecule has 2 heterocycles. The molecule has 0 aliphatic carbocycles. The maximum absolute atomic E-state index is 13.1. The number of ether oxygens (including phenoxy) is 1. The van der Waals surface area contributed by atoms with Crippen LogP contribution in [0.15, 0.2) is 24.4 Å². The second-order valence-corrected chi connectivity index (χ2v) is 7.32. The fraction of sp³-hybridized carbons (Fsp3) is 0.500. The Hall–Kier alpha value is -2.31. The van der Waals surface area contributed by atoms with Crippen molar-refractivity contribution in [2.24, 2.45) is 11.8 Å². The van der Waals surface area contributed by atoms with Crippen LogP contribution >= 0.6 is 0 Å². The Bertz CT molecular complexity index is 841. The summed E-state index contributed by atoms with van der Waals surface area (Å²) in [5.74, 6) is 0.329. The summed E-state index contributed by atoms with van der Waals surface area (Å²) in [5, 5.41) is 0.537. The van der Waals surface area contributed by atoms with Gasteiger partial charge in [-0.2, -0.15) is 13.2 Å². The summed E-state index contributed by atoms with van der Waals surface area (Å²) in [6, 6.07) is 3.48. The molecule has 0 bridgehead atoms. The van der Waals surface area contributed by atoms with Gasteiger partial charge in [-0.05, 0) is 37.3 Å². The van der Waals surface area contributed by atoms with Gasteiger partial charge in [0.05, 0.1) is 23.4 Å². The van der Waals surface area contributed by atoms with Crippen molar-refractivity contribution in [2.45, 2.75) is 33.4 Å². The van der Waals surface area contributed by atoms with Gasteiger partial charge in [-0.3, -0.25) is 4.98 Å².